The number of benzene rings is 1. The van der Waals surface area contributed by atoms with E-state index in [1.165, 1.54) is 13.0 Å². The number of rotatable bonds is 5. The SMILES string of the molecule is CCCCOc1cc([C@@H](C)O)cc(F)c1F. The van der Waals surface area contributed by atoms with Gasteiger partial charge in [0, 0.05) is 0 Å². The molecule has 1 atom stereocenters. The molecule has 1 rings (SSSR count). The largest absolute Gasteiger partial charge is 0.490 e. The van der Waals surface area contributed by atoms with Gasteiger partial charge >= 0.3 is 0 Å². The number of hydrogen-bond acceptors (Lipinski definition) is 2. The fourth-order valence-electron chi connectivity index (χ4n) is 1.26. The van der Waals surface area contributed by atoms with Crippen LogP contribution in [0.4, 0.5) is 8.78 Å². The molecule has 0 aliphatic rings. The lowest BCUT2D eigenvalue weighted by atomic mass is 10.1. The lowest BCUT2D eigenvalue weighted by Gasteiger charge is -2.11. The average Bonchev–Trinajstić information content (AvgIpc) is 2.24. The van der Waals surface area contributed by atoms with E-state index in [4.69, 9.17) is 4.74 Å². The third-order valence-electron chi connectivity index (χ3n) is 2.26. The highest BCUT2D eigenvalue weighted by Gasteiger charge is 2.14. The molecule has 0 spiro atoms. The summed E-state index contributed by atoms with van der Waals surface area (Å²) in [5, 5.41) is 9.29. The van der Waals surface area contributed by atoms with E-state index in [0.717, 1.165) is 18.9 Å². The van der Waals surface area contributed by atoms with Gasteiger partial charge in [-0.25, -0.2) is 4.39 Å². The Labute approximate surface area is 93.9 Å². The van der Waals surface area contributed by atoms with Crippen LogP contribution in [0.1, 0.15) is 38.4 Å². The maximum Gasteiger partial charge on any atom is 0.200 e. The Hall–Kier alpha value is -1.16. The molecular weight excluding hydrogens is 214 g/mol. The minimum absolute atomic E-state index is 0.135. The molecule has 0 saturated heterocycles. The van der Waals surface area contributed by atoms with E-state index in [1.54, 1.807) is 0 Å². The van der Waals surface area contributed by atoms with E-state index in [9.17, 15) is 13.9 Å². The summed E-state index contributed by atoms with van der Waals surface area (Å²) < 4.78 is 31.6. The summed E-state index contributed by atoms with van der Waals surface area (Å²) in [6, 6.07) is 2.31. The normalized spacial score (nSPS) is 12.6. The van der Waals surface area contributed by atoms with Crippen LogP contribution < -0.4 is 4.74 Å². The van der Waals surface area contributed by atoms with Gasteiger partial charge in [-0.1, -0.05) is 13.3 Å². The van der Waals surface area contributed by atoms with Gasteiger partial charge in [0.1, 0.15) is 0 Å². The summed E-state index contributed by atoms with van der Waals surface area (Å²) in [5.41, 5.74) is 0.311. The van der Waals surface area contributed by atoms with Crippen LogP contribution in [0.5, 0.6) is 5.75 Å². The fourth-order valence-corrected chi connectivity index (χ4v) is 1.26. The Morgan fingerprint density at radius 1 is 1.38 bits per heavy atom. The monoisotopic (exact) mass is 230 g/mol. The van der Waals surface area contributed by atoms with E-state index >= 15 is 0 Å². The number of aliphatic hydroxyl groups is 1. The third-order valence-corrected chi connectivity index (χ3v) is 2.26. The Balaban J connectivity index is 2.88. The zero-order valence-corrected chi connectivity index (χ0v) is 9.46. The quantitative estimate of drug-likeness (QED) is 0.787. The lowest BCUT2D eigenvalue weighted by molar-refractivity contribution is 0.197. The van der Waals surface area contributed by atoms with Gasteiger partial charge in [0.15, 0.2) is 11.6 Å². The molecule has 16 heavy (non-hydrogen) atoms. The topological polar surface area (TPSA) is 29.5 Å². The molecule has 0 aliphatic heterocycles. The van der Waals surface area contributed by atoms with Gasteiger partial charge in [-0.2, -0.15) is 4.39 Å². The minimum Gasteiger partial charge on any atom is -0.490 e. The molecule has 90 valence electrons. The number of ether oxygens (including phenoxy) is 1. The summed E-state index contributed by atoms with van der Waals surface area (Å²) in [5.74, 6) is -2.13. The zero-order chi connectivity index (χ0) is 12.1. The molecule has 0 fully saturated rings. The van der Waals surface area contributed by atoms with E-state index < -0.39 is 17.7 Å². The number of halogens is 2. The van der Waals surface area contributed by atoms with Crippen molar-refractivity contribution in [2.45, 2.75) is 32.8 Å². The first-order chi connectivity index (χ1) is 7.56. The standard InChI is InChI=1S/C12H16F2O2/c1-3-4-5-16-11-7-9(8(2)15)6-10(13)12(11)14/h6-8,15H,3-5H2,1-2H3/t8-/m1/s1. The minimum atomic E-state index is -1.000. The van der Waals surface area contributed by atoms with Crippen LogP contribution in [0, 0.1) is 11.6 Å². The van der Waals surface area contributed by atoms with E-state index in [2.05, 4.69) is 0 Å². The molecular formula is C12H16F2O2. The third kappa shape index (κ3) is 3.17. The number of unbranched alkanes of at least 4 members (excludes halogenated alkanes) is 1. The molecule has 0 heterocycles. The van der Waals surface area contributed by atoms with Gasteiger partial charge in [0.05, 0.1) is 12.7 Å². The maximum atomic E-state index is 13.3. The van der Waals surface area contributed by atoms with Crippen LogP contribution in [0.3, 0.4) is 0 Å². The molecule has 0 aliphatic carbocycles. The second kappa shape index (κ2) is 5.80. The summed E-state index contributed by atoms with van der Waals surface area (Å²) in [4.78, 5) is 0. The van der Waals surface area contributed by atoms with Crippen molar-refractivity contribution in [2.75, 3.05) is 6.61 Å². The summed E-state index contributed by atoms with van der Waals surface area (Å²) in [6.45, 7) is 3.81. The van der Waals surface area contributed by atoms with Crippen molar-refractivity contribution in [3.63, 3.8) is 0 Å². The fraction of sp³-hybridized carbons (Fsp3) is 0.500. The van der Waals surface area contributed by atoms with Gasteiger partial charge in [-0.15, -0.1) is 0 Å². The van der Waals surface area contributed by atoms with Crippen molar-refractivity contribution in [3.05, 3.63) is 29.3 Å². The predicted octanol–water partition coefficient (Wildman–Crippen LogP) is 3.20. The summed E-state index contributed by atoms with van der Waals surface area (Å²) in [6.07, 6.45) is 0.851. The molecule has 1 N–H and O–H groups in total. The molecule has 0 aromatic heterocycles. The highest BCUT2D eigenvalue weighted by Crippen LogP contribution is 2.25. The van der Waals surface area contributed by atoms with Gasteiger partial charge in [-0.3, -0.25) is 0 Å². The average molecular weight is 230 g/mol. The molecule has 1 aromatic carbocycles. The van der Waals surface area contributed by atoms with Crippen molar-refractivity contribution in [2.24, 2.45) is 0 Å². The smallest absolute Gasteiger partial charge is 0.200 e. The first-order valence-corrected chi connectivity index (χ1v) is 5.36. The molecule has 1 aromatic rings. The van der Waals surface area contributed by atoms with E-state index in [1.807, 2.05) is 6.92 Å². The molecule has 2 nitrogen and oxygen atoms in total. The Morgan fingerprint density at radius 2 is 2.06 bits per heavy atom. The van der Waals surface area contributed by atoms with Crippen LogP contribution in [0.25, 0.3) is 0 Å². The van der Waals surface area contributed by atoms with Crippen molar-refractivity contribution in [3.8, 4) is 5.75 Å². The Morgan fingerprint density at radius 3 is 2.62 bits per heavy atom. The second-order valence-corrected chi connectivity index (χ2v) is 3.69. The Kier molecular flexibility index (Phi) is 4.68. The molecule has 0 unspecified atom stereocenters. The predicted molar refractivity (Wildman–Crippen MR) is 57.4 cm³/mol. The van der Waals surface area contributed by atoms with Crippen molar-refractivity contribution in [1.29, 1.82) is 0 Å². The van der Waals surface area contributed by atoms with Gasteiger partial charge in [0.25, 0.3) is 0 Å². The van der Waals surface area contributed by atoms with Crippen LogP contribution in [-0.4, -0.2) is 11.7 Å². The molecule has 4 heteroatoms. The highest BCUT2D eigenvalue weighted by atomic mass is 19.2. The van der Waals surface area contributed by atoms with Crippen molar-refractivity contribution < 1.29 is 18.6 Å². The van der Waals surface area contributed by atoms with Gasteiger partial charge in [0.2, 0.25) is 5.82 Å². The van der Waals surface area contributed by atoms with E-state index in [0.29, 0.717) is 12.2 Å². The zero-order valence-electron chi connectivity index (χ0n) is 9.46. The molecule has 0 saturated carbocycles. The number of aliphatic hydroxyl groups excluding tert-OH is 1. The van der Waals surface area contributed by atoms with Gasteiger partial charge < -0.3 is 9.84 Å². The summed E-state index contributed by atoms with van der Waals surface area (Å²) in [7, 11) is 0. The van der Waals surface area contributed by atoms with Crippen LogP contribution in [-0.2, 0) is 0 Å². The Bertz CT molecular complexity index is 351. The van der Waals surface area contributed by atoms with Crippen molar-refractivity contribution in [1.82, 2.24) is 0 Å². The summed E-state index contributed by atoms with van der Waals surface area (Å²) >= 11 is 0. The van der Waals surface area contributed by atoms with Gasteiger partial charge in [-0.05, 0) is 31.0 Å². The molecule has 0 radical (unpaired) electrons. The highest BCUT2D eigenvalue weighted by molar-refractivity contribution is 5.32. The van der Waals surface area contributed by atoms with Crippen LogP contribution in [0.15, 0.2) is 12.1 Å². The first-order valence-electron chi connectivity index (χ1n) is 5.36. The van der Waals surface area contributed by atoms with E-state index in [-0.39, 0.29) is 5.75 Å². The second-order valence-electron chi connectivity index (χ2n) is 3.69. The maximum absolute atomic E-state index is 13.3. The lowest BCUT2D eigenvalue weighted by Crippen LogP contribution is -2.03. The van der Waals surface area contributed by atoms with Crippen LogP contribution >= 0.6 is 0 Å². The molecule has 0 amide bonds. The van der Waals surface area contributed by atoms with Crippen LogP contribution in [0.2, 0.25) is 0 Å². The van der Waals surface area contributed by atoms with Crippen molar-refractivity contribution >= 4 is 0 Å². The number of hydrogen-bond donors (Lipinski definition) is 1. The first kappa shape index (κ1) is 12.9. The molecule has 0 bridgehead atoms.